The van der Waals surface area contributed by atoms with Crippen LogP contribution < -0.4 is 14.8 Å². The number of halogens is 1. The fourth-order valence-electron chi connectivity index (χ4n) is 3.46. The van der Waals surface area contributed by atoms with Crippen molar-refractivity contribution in [1.29, 1.82) is 0 Å². The zero-order chi connectivity index (χ0) is 18.5. The predicted molar refractivity (Wildman–Crippen MR) is 116 cm³/mol. The van der Waals surface area contributed by atoms with Gasteiger partial charge >= 0.3 is 0 Å². The smallest absolute Gasteiger partial charge is 0.231 e. The van der Waals surface area contributed by atoms with Gasteiger partial charge in [-0.05, 0) is 36.5 Å². The maximum atomic E-state index is 11.4. The van der Waals surface area contributed by atoms with Gasteiger partial charge < -0.3 is 24.6 Å². The Morgan fingerprint density at radius 2 is 2.00 bits per heavy atom. The second-order valence-electron chi connectivity index (χ2n) is 6.92. The molecule has 0 atom stereocenters. The molecule has 1 aromatic carbocycles. The van der Waals surface area contributed by atoms with Gasteiger partial charge in [0.05, 0.1) is 0 Å². The molecule has 150 valence electrons. The van der Waals surface area contributed by atoms with Crippen LogP contribution in [0.1, 0.15) is 25.3 Å². The zero-order valence-electron chi connectivity index (χ0n) is 16.2. The van der Waals surface area contributed by atoms with Crippen molar-refractivity contribution in [1.82, 2.24) is 15.1 Å². The van der Waals surface area contributed by atoms with E-state index in [-0.39, 0.29) is 29.9 Å². The van der Waals surface area contributed by atoms with Crippen molar-refractivity contribution >= 4 is 35.8 Å². The number of hydrogen-bond donors (Lipinski definition) is 1. The number of nitrogens with one attached hydrogen (secondary N) is 1. The molecule has 1 aromatic rings. The van der Waals surface area contributed by atoms with E-state index in [2.05, 4.69) is 21.3 Å². The van der Waals surface area contributed by atoms with Crippen LogP contribution in [0.25, 0.3) is 0 Å². The molecule has 0 saturated carbocycles. The van der Waals surface area contributed by atoms with Crippen molar-refractivity contribution in [3.05, 3.63) is 23.8 Å². The normalized spacial score (nSPS) is 16.7. The second kappa shape index (κ2) is 10.0. The lowest BCUT2D eigenvalue weighted by Crippen LogP contribution is -2.44. The number of nitrogens with zero attached hydrogens (tertiary/aromatic N) is 3. The third-order valence-corrected chi connectivity index (χ3v) is 5.04. The standard InChI is InChI=1S/C19H28N4O3.HI/c1-14(24)23-8-6-15(7-9-23)11-21-19(20-2)22(3)12-16-4-5-17-18(10-16)26-13-25-17;/h4-5,10,15H,6-9,11-13H2,1-3H3,(H,20,21);1H. The van der Waals surface area contributed by atoms with Crippen molar-refractivity contribution in [3.63, 3.8) is 0 Å². The highest BCUT2D eigenvalue weighted by molar-refractivity contribution is 14.0. The SMILES string of the molecule is CN=C(NCC1CCN(C(C)=O)CC1)N(C)Cc1ccc2c(c1)OCO2.I. The van der Waals surface area contributed by atoms with Gasteiger partial charge in [0.25, 0.3) is 0 Å². The van der Waals surface area contributed by atoms with Crippen LogP contribution in [0.5, 0.6) is 11.5 Å². The summed E-state index contributed by atoms with van der Waals surface area (Å²) in [6, 6.07) is 6.02. The molecule has 3 rings (SSSR count). The number of benzene rings is 1. The molecule has 0 aliphatic carbocycles. The third kappa shape index (κ3) is 5.63. The lowest BCUT2D eigenvalue weighted by atomic mass is 9.97. The first-order valence-corrected chi connectivity index (χ1v) is 9.12. The summed E-state index contributed by atoms with van der Waals surface area (Å²) >= 11 is 0. The Kier molecular flexibility index (Phi) is 8.00. The molecule has 8 heteroatoms. The van der Waals surface area contributed by atoms with Crippen LogP contribution in [0, 0.1) is 5.92 Å². The highest BCUT2D eigenvalue weighted by atomic mass is 127. The molecule has 2 aliphatic rings. The van der Waals surface area contributed by atoms with Crippen molar-refractivity contribution in [2.75, 3.05) is 40.5 Å². The Hall–Kier alpha value is -1.71. The van der Waals surface area contributed by atoms with Gasteiger partial charge in [0.2, 0.25) is 12.7 Å². The van der Waals surface area contributed by atoms with E-state index in [1.807, 2.05) is 24.1 Å². The van der Waals surface area contributed by atoms with E-state index in [4.69, 9.17) is 9.47 Å². The second-order valence-corrected chi connectivity index (χ2v) is 6.92. The average Bonchev–Trinajstić information content (AvgIpc) is 3.10. The number of carbonyl (C=O) groups is 1. The van der Waals surface area contributed by atoms with Gasteiger partial charge in [0, 0.05) is 47.2 Å². The lowest BCUT2D eigenvalue weighted by molar-refractivity contribution is -0.130. The van der Waals surface area contributed by atoms with Gasteiger partial charge in [0.1, 0.15) is 0 Å². The molecular formula is C19H29IN4O3. The van der Waals surface area contributed by atoms with E-state index >= 15 is 0 Å². The summed E-state index contributed by atoms with van der Waals surface area (Å²) in [4.78, 5) is 19.8. The van der Waals surface area contributed by atoms with E-state index in [0.717, 1.165) is 62.0 Å². The molecular weight excluding hydrogens is 459 g/mol. The third-order valence-electron chi connectivity index (χ3n) is 5.04. The number of ether oxygens (including phenoxy) is 2. The van der Waals surface area contributed by atoms with Gasteiger partial charge in [-0.15, -0.1) is 24.0 Å². The van der Waals surface area contributed by atoms with Crippen LogP contribution in [0.3, 0.4) is 0 Å². The van der Waals surface area contributed by atoms with Crippen LogP contribution >= 0.6 is 24.0 Å². The number of piperidine rings is 1. The molecule has 0 aromatic heterocycles. The predicted octanol–water partition coefficient (Wildman–Crippen LogP) is 2.30. The zero-order valence-corrected chi connectivity index (χ0v) is 18.6. The fraction of sp³-hybridized carbons (Fsp3) is 0.579. The lowest BCUT2D eigenvalue weighted by Gasteiger charge is -2.32. The van der Waals surface area contributed by atoms with E-state index < -0.39 is 0 Å². The fourth-order valence-corrected chi connectivity index (χ4v) is 3.46. The topological polar surface area (TPSA) is 66.4 Å². The first-order chi connectivity index (χ1) is 12.6. The van der Waals surface area contributed by atoms with Gasteiger partial charge in [-0.25, -0.2) is 0 Å². The number of aliphatic imine (C=N–C) groups is 1. The monoisotopic (exact) mass is 488 g/mol. The Morgan fingerprint density at radius 3 is 2.67 bits per heavy atom. The maximum Gasteiger partial charge on any atom is 0.231 e. The van der Waals surface area contributed by atoms with E-state index in [9.17, 15) is 4.79 Å². The molecule has 27 heavy (non-hydrogen) atoms. The number of hydrogen-bond acceptors (Lipinski definition) is 4. The van der Waals surface area contributed by atoms with Gasteiger partial charge in [-0.1, -0.05) is 6.07 Å². The van der Waals surface area contributed by atoms with Crippen LogP contribution in [-0.4, -0.2) is 62.2 Å². The summed E-state index contributed by atoms with van der Waals surface area (Å²) in [5, 5.41) is 3.47. The Labute approximate surface area is 178 Å². The minimum Gasteiger partial charge on any atom is -0.454 e. The highest BCUT2D eigenvalue weighted by Gasteiger charge is 2.21. The van der Waals surface area contributed by atoms with Crippen molar-refractivity contribution in [3.8, 4) is 11.5 Å². The van der Waals surface area contributed by atoms with Crippen molar-refractivity contribution < 1.29 is 14.3 Å². The molecule has 0 radical (unpaired) electrons. The highest BCUT2D eigenvalue weighted by Crippen LogP contribution is 2.32. The van der Waals surface area contributed by atoms with Crippen LogP contribution in [0.4, 0.5) is 0 Å². The number of rotatable bonds is 4. The largest absolute Gasteiger partial charge is 0.454 e. The number of guanidine groups is 1. The summed E-state index contributed by atoms with van der Waals surface area (Å²) in [5.74, 6) is 3.22. The minimum atomic E-state index is 0. The molecule has 2 aliphatic heterocycles. The minimum absolute atomic E-state index is 0. The van der Waals surface area contributed by atoms with Crippen LogP contribution in [-0.2, 0) is 11.3 Å². The molecule has 0 spiro atoms. The summed E-state index contributed by atoms with van der Waals surface area (Å²) in [6.07, 6.45) is 2.07. The molecule has 7 nitrogen and oxygen atoms in total. The van der Waals surface area contributed by atoms with Gasteiger partial charge in [-0.2, -0.15) is 0 Å². The number of likely N-dealkylation sites (tertiary alicyclic amines) is 1. The number of carbonyl (C=O) groups excluding carboxylic acids is 1. The first-order valence-electron chi connectivity index (χ1n) is 9.12. The molecule has 1 amide bonds. The van der Waals surface area contributed by atoms with E-state index in [1.54, 1.807) is 14.0 Å². The van der Waals surface area contributed by atoms with Gasteiger partial charge in [0.15, 0.2) is 17.5 Å². The Bertz CT molecular complexity index is 675. The molecule has 2 heterocycles. The molecule has 1 fully saturated rings. The summed E-state index contributed by atoms with van der Waals surface area (Å²) in [5.41, 5.74) is 1.15. The summed E-state index contributed by atoms with van der Waals surface area (Å²) in [7, 11) is 3.83. The average molecular weight is 488 g/mol. The Balaban J connectivity index is 0.00000261. The van der Waals surface area contributed by atoms with E-state index in [0.29, 0.717) is 12.7 Å². The molecule has 0 unspecified atom stereocenters. The van der Waals surface area contributed by atoms with Crippen molar-refractivity contribution in [2.45, 2.75) is 26.3 Å². The quantitative estimate of drug-likeness (QED) is 0.401. The van der Waals surface area contributed by atoms with Crippen LogP contribution in [0.2, 0.25) is 0 Å². The maximum absolute atomic E-state index is 11.4. The first kappa shape index (κ1) is 21.6. The van der Waals surface area contributed by atoms with Crippen LogP contribution in [0.15, 0.2) is 23.2 Å². The molecule has 1 saturated heterocycles. The number of fused-ring (bicyclic) bond motifs is 1. The van der Waals surface area contributed by atoms with Crippen molar-refractivity contribution in [2.24, 2.45) is 10.9 Å². The molecule has 1 N–H and O–H groups in total. The number of amides is 1. The summed E-state index contributed by atoms with van der Waals surface area (Å²) < 4.78 is 10.8. The Morgan fingerprint density at radius 1 is 1.30 bits per heavy atom. The summed E-state index contributed by atoms with van der Waals surface area (Å²) in [6.45, 7) is 5.26. The van der Waals surface area contributed by atoms with E-state index in [1.165, 1.54) is 0 Å². The van der Waals surface area contributed by atoms with Gasteiger partial charge in [-0.3, -0.25) is 9.79 Å². The molecule has 0 bridgehead atoms.